The molecule has 6 nitrogen and oxygen atoms in total. The summed E-state index contributed by atoms with van der Waals surface area (Å²) in [6.07, 6.45) is 6.76. The lowest BCUT2D eigenvalue weighted by Crippen LogP contribution is -2.18. The number of imidazole rings is 2. The smallest absolute Gasteiger partial charge is 0.152 e. The molecule has 5 aliphatic rings. The molecule has 3 aliphatic carbocycles. The third-order valence-corrected chi connectivity index (χ3v) is 9.13. The van der Waals surface area contributed by atoms with Gasteiger partial charge in [-0.1, -0.05) is 17.9 Å². The van der Waals surface area contributed by atoms with E-state index in [1.807, 2.05) is 6.07 Å². The summed E-state index contributed by atoms with van der Waals surface area (Å²) in [5.41, 5.74) is 7.57. The molecule has 2 aromatic heterocycles. The van der Waals surface area contributed by atoms with Gasteiger partial charge in [-0.25, -0.2) is 14.4 Å². The Morgan fingerprint density at radius 1 is 0.784 bits per heavy atom. The first-order valence-corrected chi connectivity index (χ1v) is 13.6. The number of nitrogens with one attached hydrogen (secondary N) is 4. The highest BCUT2D eigenvalue weighted by Crippen LogP contribution is 2.47. The van der Waals surface area contributed by atoms with Gasteiger partial charge in [-0.2, -0.15) is 0 Å². The standard InChI is InChI=1S/C30H27FN6/c31-20-8-15(9-24-28(20)37-30(35-24)26-13-18-11-23(18)33-26)2-1-14-3-5-19-16(7-14)4-6-21-27(19)36-29(34-21)25-12-17-10-22(17)32-25/h3,5,7-9,17-18,22-23,25-26,32-33H,4,6,10-13H2,(H,34,36)(H,35,37)/t17-,18-,22-,23-,25+,26+/m1/s1. The highest BCUT2D eigenvalue weighted by atomic mass is 19.1. The number of aryl methyl sites for hydroxylation is 2. The number of benzene rings is 2. The van der Waals surface area contributed by atoms with Crippen LogP contribution in [0.3, 0.4) is 0 Å². The first kappa shape index (κ1) is 20.6. The Kier molecular flexibility index (Phi) is 4.06. The van der Waals surface area contributed by atoms with Crippen molar-refractivity contribution in [3.05, 3.63) is 70.2 Å². The number of H-pyrrole nitrogens is 2. The number of fused-ring (bicyclic) bond motifs is 6. The normalized spacial score (nSPS) is 30.3. The van der Waals surface area contributed by atoms with Gasteiger partial charge in [0.15, 0.2) is 5.82 Å². The van der Waals surface area contributed by atoms with E-state index in [1.54, 1.807) is 0 Å². The Hall–Kier alpha value is -3.47. The van der Waals surface area contributed by atoms with E-state index in [0.29, 0.717) is 34.7 Å². The lowest BCUT2D eigenvalue weighted by atomic mass is 9.91. The zero-order valence-corrected chi connectivity index (χ0v) is 20.4. The molecule has 4 N–H and O–H groups in total. The van der Waals surface area contributed by atoms with Crippen molar-refractivity contribution in [3.8, 4) is 23.1 Å². The summed E-state index contributed by atoms with van der Waals surface area (Å²) in [6.45, 7) is 0. The molecule has 0 bridgehead atoms. The van der Waals surface area contributed by atoms with Crippen molar-refractivity contribution >= 4 is 11.0 Å². The number of nitrogens with zero attached hydrogens (tertiary/aromatic N) is 2. The summed E-state index contributed by atoms with van der Waals surface area (Å²) in [5.74, 6) is 9.65. The minimum absolute atomic E-state index is 0.201. The highest BCUT2D eigenvalue weighted by molar-refractivity contribution is 5.78. The maximum Gasteiger partial charge on any atom is 0.152 e. The summed E-state index contributed by atoms with van der Waals surface area (Å²) in [7, 11) is 0. The topological polar surface area (TPSA) is 81.4 Å². The minimum Gasteiger partial charge on any atom is -0.341 e. The fraction of sp³-hybridized carbons (Fsp3) is 0.400. The summed E-state index contributed by atoms with van der Waals surface area (Å²) >= 11 is 0. The molecule has 0 radical (unpaired) electrons. The van der Waals surface area contributed by atoms with Crippen LogP contribution in [0.1, 0.15) is 71.8 Å². The van der Waals surface area contributed by atoms with E-state index in [-0.39, 0.29) is 11.9 Å². The molecule has 2 aliphatic heterocycles. The predicted molar refractivity (Wildman–Crippen MR) is 138 cm³/mol. The first-order chi connectivity index (χ1) is 18.1. The molecular formula is C30H27FN6. The van der Waals surface area contributed by atoms with Crippen molar-refractivity contribution < 1.29 is 4.39 Å². The van der Waals surface area contributed by atoms with Gasteiger partial charge in [0, 0.05) is 28.8 Å². The van der Waals surface area contributed by atoms with Crippen LogP contribution in [0, 0.1) is 29.5 Å². The predicted octanol–water partition coefficient (Wildman–Crippen LogP) is 4.44. The molecule has 2 saturated heterocycles. The number of hydrogen-bond acceptors (Lipinski definition) is 4. The molecule has 184 valence electrons. The van der Waals surface area contributed by atoms with E-state index in [9.17, 15) is 4.39 Å². The molecule has 2 saturated carbocycles. The second-order valence-electron chi connectivity index (χ2n) is 11.7. The van der Waals surface area contributed by atoms with Crippen molar-refractivity contribution in [3.63, 3.8) is 0 Å². The molecule has 7 heteroatoms. The van der Waals surface area contributed by atoms with E-state index < -0.39 is 0 Å². The molecule has 2 aromatic carbocycles. The van der Waals surface area contributed by atoms with Gasteiger partial charge in [-0.05, 0) is 80.2 Å². The monoisotopic (exact) mass is 490 g/mol. The Bertz CT molecular complexity index is 1650. The van der Waals surface area contributed by atoms with Gasteiger partial charge >= 0.3 is 0 Å². The zero-order chi connectivity index (χ0) is 24.2. The maximum atomic E-state index is 14.9. The van der Waals surface area contributed by atoms with Crippen molar-refractivity contribution in [2.24, 2.45) is 11.8 Å². The Morgan fingerprint density at radius 3 is 2.30 bits per heavy atom. The molecule has 4 fully saturated rings. The van der Waals surface area contributed by atoms with Crippen LogP contribution in [0.25, 0.3) is 22.3 Å². The summed E-state index contributed by atoms with van der Waals surface area (Å²) in [6, 6.07) is 11.7. The molecule has 9 rings (SSSR count). The van der Waals surface area contributed by atoms with E-state index in [2.05, 4.69) is 55.6 Å². The molecule has 37 heavy (non-hydrogen) atoms. The number of piperidine rings is 2. The van der Waals surface area contributed by atoms with Gasteiger partial charge < -0.3 is 20.6 Å². The molecule has 0 unspecified atom stereocenters. The number of aromatic nitrogens is 4. The average molecular weight is 491 g/mol. The van der Waals surface area contributed by atoms with Crippen LogP contribution < -0.4 is 10.6 Å². The number of hydrogen-bond donors (Lipinski definition) is 4. The SMILES string of the molecule is Fc1cc(C#Cc2ccc3c(c2)CCc2nc([C@@H]4C[C@H]5C[C@H]5N4)[nH]c2-3)cc2[nH]c([C@@H]3C[C@H]4C[C@H]4N3)nc12. The summed E-state index contributed by atoms with van der Waals surface area (Å²) in [5, 5.41) is 7.29. The van der Waals surface area contributed by atoms with E-state index in [0.717, 1.165) is 54.0 Å². The van der Waals surface area contributed by atoms with Gasteiger partial charge in [0.25, 0.3) is 0 Å². The van der Waals surface area contributed by atoms with Crippen molar-refractivity contribution in [2.45, 2.75) is 62.7 Å². The van der Waals surface area contributed by atoms with Gasteiger partial charge in [-0.15, -0.1) is 0 Å². The lowest BCUT2D eigenvalue weighted by Gasteiger charge is -2.15. The molecule has 4 heterocycles. The Labute approximate surface area is 213 Å². The summed E-state index contributed by atoms with van der Waals surface area (Å²) in [4.78, 5) is 16.5. The van der Waals surface area contributed by atoms with E-state index in [1.165, 1.54) is 42.1 Å². The fourth-order valence-corrected chi connectivity index (χ4v) is 6.91. The number of aromatic amines is 2. The third kappa shape index (κ3) is 3.32. The quantitative estimate of drug-likeness (QED) is 0.313. The van der Waals surface area contributed by atoms with Crippen LogP contribution in [-0.2, 0) is 12.8 Å². The van der Waals surface area contributed by atoms with Crippen LogP contribution in [0.4, 0.5) is 4.39 Å². The second kappa shape index (κ2) is 7.31. The zero-order valence-electron chi connectivity index (χ0n) is 20.4. The number of halogens is 1. The highest BCUT2D eigenvalue weighted by Gasteiger charge is 2.47. The van der Waals surface area contributed by atoms with Crippen LogP contribution in [-0.4, -0.2) is 32.0 Å². The average Bonchev–Trinajstić information content (AvgIpc) is 3.50. The molecule has 6 atom stereocenters. The Morgan fingerprint density at radius 2 is 1.54 bits per heavy atom. The first-order valence-electron chi connectivity index (χ1n) is 13.6. The largest absolute Gasteiger partial charge is 0.341 e. The van der Waals surface area contributed by atoms with Crippen molar-refractivity contribution in [1.82, 2.24) is 30.6 Å². The molecule has 0 amide bonds. The van der Waals surface area contributed by atoms with Crippen molar-refractivity contribution in [2.75, 3.05) is 0 Å². The van der Waals surface area contributed by atoms with E-state index >= 15 is 0 Å². The second-order valence-corrected chi connectivity index (χ2v) is 11.7. The minimum atomic E-state index is -0.325. The van der Waals surface area contributed by atoms with Gasteiger partial charge in [0.05, 0.1) is 29.0 Å². The fourth-order valence-electron chi connectivity index (χ4n) is 6.91. The summed E-state index contributed by atoms with van der Waals surface area (Å²) < 4.78 is 14.9. The maximum absolute atomic E-state index is 14.9. The van der Waals surface area contributed by atoms with Crippen LogP contribution >= 0.6 is 0 Å². The van der Waals surface area contributed by atoms with Gasteiger partial charge in [0.2, 0.25) is 0 Å². The molecular weight excluding hydrogens is 463 g/mol. The van der Waals surface area contributed by atoms with Crippen LogP contribution in [0.5, 0.6) is 0 Å². The van der Waals surface area contributed by atoms with E-state index in [4.69, 9.17) is 4.98 Å². The van der Waals surface area contributed by atoms with Crippen LogP contribution in [0.2, 0.25) is 0 Å². The molecule has 0 spiro atoms. The van der Waals surface area contributed by atoms with Gasteiger partial charge in [-0.3, -0.25) is 0 Å². The Balaban J connectivity index is 0.989. The molecule has 4 aromatic rings. The van der Waals surface area contributed by atoms with Crippen LogP contribution in [0.15, 0.2) is 30.3 Å². The third-order valence-electron chi connectivity index (χ3n) is 9.13. The van der Waals surface area contributed by atoms with Gasteiger partial charge in [0.1, 0.15) is 17.2 Å². The van der Waals surface area contributed by atoms with Crippen molar-refractivity contribution in [1.29, 1.82) is 0 Å². The lowest BCUT2D eigenvalue weighted by molar-refractivity contribution is 0.542. The number of rotatable bonds is 2.